The maximum absolute atomic E-state index is 10.6. The predicted molar refractivity (Wildman–Crippen MR) is 53.2 cm³/mol. The summed E-state index contributed by atoms with van der Waals surface area (Å²) in [7, 11) is 0. The molecule has 1 aliphatic rings. The Hall–Kier alpha value is -0.940. The molecule has 4 nitrogen and oxygen atoms in total. The van der Waals surface area contributed by atoms with Crippen molar-refractivity contribution < 1.29 is 9.90 Å². The maximum atomic E-state index is 10.6. The van der Waals surface area contributed by atoms with Gasteiger partial charge in [-0.2, -0.15) is 0 Å². The van der Waals surface area contributed by atoms with Crippen molar-refractivity contribution in [3.8, 4) is 0 Å². The van der Waals surface area contributed by atoms with Gasteiger partial charge in [-0.3, -0.25) is 14.7 Å². The summed E-state index contributed by atoms with van der Waals surface area (Å²) in [6.45, 7) is 0.865. The average Bonchev–Trinajstić information content (AvgIpc) is 2.85. The fraction of sp³-hybridized carbons (Fsp3) is 0.556. The molecular weight excluding hydrogens is 200 g/mol. The van der Waals surface area contributed by atoms with Gasteiger partial charge < -0.3 is 5.11 Å². The van der Waals surface area contributed by atoms with Crippen LogP contribution in [-0.2, 0) is 11.3 Å². The molecule has 2 rings (SSSR count). The van der Waals surface area contributed by atoms with Gasteiger partial charge >= 0.3 is 5.97 Å². The summed E-state index contributed by atoms with van der Waals surface area (Å²) in [5.41, 5.74) is 1.78. The maximum Gasteiger partial charge on any atom is 0.317 e. The number of rotatable bonds is 5. The van der Waals surface area contributed by atoms with Crippen LogP contribution in [0.5, 0.6) is 0 Å². The molecule has 0 spiro atoms. The number of carboxylic acids is 1. The van der Waals surface area contributed by atoms with Crippen LogP contribution in [0, 0.1) is 0 Å². The van der Waals surface area contributed by atoms with E-state index in [4.69, 9.17) is 5.11 Å². The largest absolute Gasteiger partial charge is 0.480 e. The second kappa shape index (κ2) is 4.06. The van der Waals surface area contributed by atoms with Gasteiger partial charge in [0, 0.05) is 23.7 Å². The number of hydrogen-bond acceptors (Lipinski definition) is 4. The van der Waals surface area contributed by atoms with Gasteiger partial charge in [0.25, 0.3) is 0 Å². The van der Waals surface area contributed by atoms with Gasteiger partial charge in [0.2, 0.25) is 0 Å². The van der Waals surface area contributed by atoms with Crippen molar-refractivity contribution in [2.75, 3.05) is 6.54 Å². The Morgan fingerprint density at radius 2 is 2.50 bits per heavy atom. The number of hydrogen-bond donors (Lipinski definition) is 1. The number of aliphatic carboxylic acids is 1. The van der Waals surface area contributed by atoms with E-state index < -0.39 is 5.97 Å². The van der Waals surface area contributed by atoms with E-state index in [2.05, 4.69) is 4.98 Å². The molecule has 0 aromatic carbocycles. The van der Waals surface area contributed by atoms with Crippen LogP contribution in [0.2, 0.25) is 0 Å². The molecule has 0 radical (unpaired) electrons. The van der Waals surface area contributed by atoms with E-state index in [1.807, 2.05) is 11.1 Å². The van der Waals surface area contributed by atoms with Crippen molar-refractivity contribution in [1.29, 1.82) is 0 Å². The lowest BCUT2D eigenvalue weighted by Gasteiger charge is -2.17. The van der Waals surface area contributed by atoms with E-state index >= 15 is 0 Å². The third kappa shape index (κ3) is 2.52. The van der Waals surface area contributed by atoms with E-state index in [-0.39, 0.29) is 6.54 Å². The van der Waals surface area contributed by atoms with Crippen molar-refractivity contribution in [3.63, 3.8) is 0 Å². The van der Waals surface area contributed by atoms with Gasteiger partial charge in [0.1, 0.15) is 0 Å². The molecular formula is C9H12N2O2S. The Morgan fingerprint density at radius 1 is 1.71 bits per heavy atom. The number of carboxylic acid groups (broad SMARTS) is 1. The standard InChI is InChI=1S/C9H12N2O2S/c12-9(13)5-11(7-1-2-7)4-8-3-10-6-14-8/h3,6-7H,1-2,4-5H2,(H,12,13). The van der Waals surface area contributed by atoms with Crippen LogP contribution in [0.15, 0.2) is 11.7 Å². The van der Waals surface area contributed by atoms with E-state index in [0.29, 0.717) is 6.04 Å². The van der Waals surface area contributed by atoms with Crippen LogP contribution in [0.3, 0.4) is 0 Å². The van der Waals surface area contributed by atoms with Crippen LogP contribution in [0.4, 0.5) is 0 Å². The summed E-state index contributed by atoms with van der Waals surface area (Å²) in [6, 6.07) is 0.480. The zero-order valence-corrected chi connectivity index (χ0v) is 8.54. The van der Waals surface area contributed by atoms with E-state index in [0.717, 1.165) is 24.3 Å². The molecule has 14 heavy (non-hydrogen) atoms. The molecule has 0 saturated heterocycles. The highest BCUT2D eigenvalue weighted by Crippen LogP contribution is 2.28. The summed E-state index contributed by atoms with van der Waals surface area (Å²) >= 11 is 1.58. The Labute approximate surface area is 86.2 Å². The van der Waals surface area contributed by atoms with Gasteiger partial charge in [-0.25, -0.2) is 0 Å². The second-order valence-corrected chi connectivity index (χ2v) is 4.47. The van der Waals surface area contributed by atoms with Gasteiger partial charge in [-0.15, -0.1) is 11.3 Å². The monoisotopic (exact) mass is 212 g/mol. The highest BCUT2D eigenvalue weighted by molar-refractivity contribution is 7.09. The Morgan fingerprint density at radius 3 is 3.00 bits per heavy atom. The first-order valence-corrected chi connectivity index (χ1v) is 5.47. The van der Waals surface area contributed by atoms with Crippen LogP contribution in [0.1, 0.15) is 17.7 Å². The lowest BCUT2D eigenvalue weighted by atomic mass is 10.4. The minimum absolute atomic E-state index is 0.141. The third-order valence-corrected chi connectivity index (χ3v) is 3.01. The fourth-order valence-corrected chi connectivity index (χ4v) is 2.07. The average molecular weight is 212 g/mol. The Balaban J connectivity index is 1.93. The van der Waals surface area contributed by atoms with Crippen molar-refractivity contribution >= 4 is 17.3 Å². The zero-order valence-electron chi connectivity index (χ0n) is 7.72. The SMILES string of the molecule is O=C(O)CN(Cc1cncs1)C1CC1. The molecule has 1 fully saturated rings. The zero-order chi connectivity index (χ0) is 9.97. The molecule has 0 bridgehead atoms. The normalized spacial score (nSPS) is 16.1. The fourth-order valence-electron chi connectivity index (χ4n) is 1.45. The van der Waals surface area contributed by atoms with Crippen molar-refractivity contribution in [2.24, 2.45) is 0 Å². The third-order valence-electron chi connectivity index (χ3n) is 2.24. The summed E-state index contributed by atoms with van der Waals surface area (Å²) in [4.78, 5) is 17.7. The summed E-state index contributed by atoms with van der Waals surface area (Å²) in [5.74, 6) is -0.749. The molecule has 1 aliphatic carbocycles. The Kier molecular flexibility index (Phi) is 2.79. The van der Waals surface area contributed by atoms with E-state index in [9.17, 15) is 4.79 Å². The van der Waals surface area contributed by atoms with Crippen molar-refractivity contribution in [3.05, 3.63) is 16.6 Å². The molecule has 0 aliphatic heterocycles. The van der Waals surface area contributed by atoms with Crippen molar-refractivity contribution in [2.45, 2.75) is 25.4 Å². The highest BCUT2D eigenvalue weighted by atomic mass is 32.1. The van der Waals surface area contributed by atoms with Gasteiger partial charge in [-0.05, 0) is 12.8 Å². The van der Waals surface area contributed by atoms with E-state index in [1.165, 1.54) is 0 Å². The molecule has 76 valence electrons. The van der Waals surface area contributed by atoms with Crippen LogP contribution < -0.4 is 0 Å². The molecule has 1 heterocycles. The first-order chi connectivity index (χ1) is 6.75. The first-order valence-electron chi connectivity index (χ1n) is 4.59. The molecule has 1 aromatic heterocycles. The highest BCUT2D eigenvalue weighted by Gasteiger charge is 2.30. The quantitative estimate of drug-likeness (QED) is 0.796. The van der Waals surface area contributed by atoms with Gasteiger partial charge in [0.05, 0.1) is 12.1 Å². The van der Waals surface area contributed by atoms with Gasteiger partial charge in [0.15, 0.2) is 0 Å². The van der Waals surface area contributed by atoms with Crippen LogP contribution >= 0.6 is 11.3 Å². The minimum Gasteiger partial charge on any atom is -0.480 e. The molecule has 0 unspecified atom stereocenters. The molecule has 5 heteroatoms. The van der Waals surface area contributed by atoms with E-state index in [1.54, 1.807) is 16.8 Å². The number of nitrogens with zero attached hydrogens (tertiary/aromatic N) is 2. The first kappa shape index (κ1) is 9.61. The Bertz CT molecular complexity index is 309. The smallest absolute Gasteiger partial charge is 0.317 e. The van der Waals surface area contributed by atoms with Gasteiger partial charge in [-0.1, -0.05) is 0 Å². The molecule has 1 aromatic rings. The number of aromatic nitrogens is 1. The second-order valence-electron chi connectivity index (χ2n) is 3.50. The minimum atomic E-state index is -0.749. The number of carbonyl (C=O) groups is 1. The molecule has 0 amide bonds. The number of thiazole rings is 1. The van der Waals surface area contributed by atoms with Crippen LogP contribution in [0.25, 0.3) is 0 Å². The lowest BCUT2D eigenvalue weighted by molar-refractivity contribution is -0.138. The predicted octanol–water partition coefficient (Wildman–Crippen LogP) is 1.19. The summed E-state index contributed by atoms with van der Waals surface area (Å²) < 4.78 is 0. The lowest BCUT2D eigenvalue weighted by Crippen LogP contribution is -2.30. The molecule has 1 N–H and O–H groups in total. The molecule has 1 saturated carbocycles. The summed E-state index contributed by atoms with van der Waals surface area (Å²) in [5, 5.41) is 8.74. The van der Waals surface area contributed by atoms with Crippen molar-refractivity contribution in [1.82, 2.24) is 9.88 Å². The van der Waals surface area contributed by atoms with Crippen LogP contribution in [-0.4, -0.2) is 33.5 Å². The topological polar surface area (TPSA) is 53.4 Å². The summed E-state index contributed by atoms with van der Waals surface area (Å²) in [6.07, 6.45) is 4.07. The molecule has 0 atom stereocenters.